The van der Waals surface area contributed by atoms with Gasteiger partial charge in [0.2, 0.25) is 5.91 Å². The minimum absolute atomic E-state index is 0.0699. The van der Waals surface area contributed by atoms with E-state index in [-0.39, 0.29) is 24.0 Å². The molecule has 0 bridgehead atoms. The van der Waals surface area contributed by atoms with Gasteiger partial charge >= 0.3 is 0 Å². The van der Waals surface area contributed by atoms with Gasteiger partial charge in [0, 0.05) is 29.3 Å². The van der Waals surface area contributed by atoms with E-state index in [1.807, 2.05) is 35.7 Å². The number of carbonyl (C=O) groups excluding carboxylic acids is 1. The van der Waals surface area contributed by atoms with Crippen LogP contribution >= 0.6 is 27.7 Å². The van der Waals surface area contributed by atoms with E-state index in [0.29, 0.717) is 17.3 Å². The Kier molecular flexibility index (Phi) is 5.70. The summed E-state index contributed by atoms with van der Waals surface area (Å²) in [5, 5.41) is 8.82. The summed E-state index contributed by atoms with van der Waals surface area (Å²) in [6.45, 7) is 2.62. The van der Waals surface area contributed by atoms with Crippen molar-refractivity contribution in [3.05, 3.63) is 58.4 Å². The van der Waals surface area contributed by atoms with Gasteiger partial charge in [-0.2, -0.15) is 0 Å². The van der Waals surface area contributed by atoms with Crippen LogP contribution in [0.5, 0.6) is 0 Å². The lowest BCUT2D eigenvalue weighted by Crippen LogP contribution is -2.32. The molecule has 1 amide bonds. The van der Waals surface area contributed by atoms with Crippen molar-refractivity contribution in [1.82, 2.24) is 19.5 Å². The first-order valence-corrected chi connectivity index (χ1v) is 9.50. The molecule has 0 atom stereocenters. The molecule has 5 nitrogen and oxygen atoms in total. The quantitative estimate of drug-likeness (QED) is 0.567. The van der Waals surface area contributed by atoms with Crippen LogP contribution in [0.3, 0.4) is 0 Å². The van der Waals surface area contributed by atoms with E-state index >= 15 is 0 Å². The number of hydrogen-bond donors (Lipinski definition) is 0. The fourth-order valence-electron chi connectivity index (χ4n) is 2.38. The number of aromatic nitrogens is 3. The Morgan fingerprint density at radius 2 is 2.16 bits per heavy atom. The predicted molar refractivity (Wildman–Crippen MR) is 98.9 cm³/mol. The van der Waals surface area contributed by atoms with E-state index in [2.05, 4.69) is 26.1 Å². The maximum Gasteiger partial charge on any atom is 0.233 e. The van der Waals surface area contributed by atoms with Crippen LogP contribution in [0.25, 0.3) is 5.65 Å². The predicted octanol–water partition coefficient (Wildman–Crippen LogP) is 3.77. The fourth-order valence-corrected chi connectivity index (χ4v) is 3.62. The third-order valence-corrected chi connectivity index (χ3v) is 5.13. The molecule has 2 heterocycles. The standard InChI is InChI=1S/C17H16BrFN4OS/c1-2-22(10-12-9-13(18)6-7-14(12)19)16(24)11-25-17-21-20-15-5-3-4-8-23(15)17/h3-9H,2,10-11H2,1H3. The molecule has 0 fully saturated rings. The number of rotatable bonds is 6. The highest BCUT2D eigenvalue weighted by Crippen LogP contribution is 2.20. The van der Waals surface area contributed by atoms with Crippen LogP contribution in [-0.2, 0) is 11.3 Å². The van der Waals surface area contributed by atoms with Crippen LogP contribution in [0, 0.1) is 5.82 Å². The monoisotopic (exact) mass is 422 g/mol. The zero-order valence-corrected chi connectivity index (χ0v) is 15.9. The van der Waals surface area contributed by atoms with Gasteiger partial charge < -0.3 is 4.90 Å². The van der Waals surface area contributed by atoms with Crippen LogP contribution < -0.4 is 0 Å². The minimum Gasteiger partial charge on any atom is -0.338 e. The molecule has 2 aromatic heterocycles. The van der Waals surface area contributed by atoms with Gasteiger partial charge in [-0.1, -0.05) is 33.8 Å². The van der Waals surface area contributed by atoms with Crippen LogP contribution in [0.2, 0.25) is 0 Å². The summed E-state index contributed by atoms with van der Waals surface area (Å²) in [6, 6.07) is 10.4. The van der Waals surface area contributed by atoms with Gasteiger partial charge in [0.1, 0.15) is 5.82 Å². The lowest BCUT2D eigenvalue weighted by Gasteiger charge is -2.21. The highest BCUT2D eigenvalue weighted by atomic mass is 79.9. The second kappa shape index (κ2) is 7.97. The van der Waals surface area contributed by atoms with Gasteiger partial charge in [-0.25, -0.2) is 4.39 Å². The average molecular weight is 423 g/mol. The summed E-state index contributed by atoms with van der Waals surface area (Å²) < 4.78 is 16.6. The summed E-state index contributed by atoms with van der Waals surface area (Å²) >= 11 is 4.65. The molecular weight excluding hydrogens is 407 g/mol. The second-order valence-electron chi connectivity index (χ2n) is 5.34. The molecule has 25 heavy (non-hydrogen) atoms. The van der Waals surface area contributed by atoms with Crippen molar-refractivity contribution in [2.75, 3.05) is 12.3 Å². The Morgan fingerprint density at radius 3 is 2.96 bits per heavy atom. The normalized spacial score (nSPS) is 11.0. The van der Waals surface area contributed by atoms with Crippen LogP contribution in [0.1, 0.15) is 12.5 Å². The maximum atomic E-state index is 13.9. The van der Waals surface area contributed by atoms with Gasteiger partial charge in [0.15, 0.2) is 10.8 Å². The van der Waals surface area contributed by atoms with E-state index in [1.165, 1.54) is 17.8 Å². The Bertz CT molecular complexity index is 901. The third kappa shape index (κ3) is 4.19. The van der Waals surface area contributed by atoms with Crippen molar-refractivity contribution in [3.8, 4) is 0 Å². The summed E-state index contributed by atoms with van der Waals surface area (Å²) in [5.74, 6) is -0.163. The first-order chi connectivity index (χ1) is 12.1. The van der Waals surface area contributed by atoms with Crippen molar-refractivity contribution >= 4 is 39.2 Å². The number of halogens is 2. The van der Waals surface area contributed by atoms with E-state index in [1.54, 1.807) is 17.0 Å². The van der Waals surface area contributed by atoms with Gasteiger partial charge in [-0.3, -0.25) is 9.20 Å². The van der Waals surface area contributed by atoms with Gasteiger partial charge in [-0.15, -0.1) is 10.2 Å². The summed E-state index contributed by atoms with van der Waals surface area (Å²) in [6.07, 6.45) is 1.86. The SMILES string of the molecule is CCN(Cc1cc(Br)ccc1F)C(=O)CSc1nnc2ccccn12. The van der Waals surface area contributed by atoms with Gasteiger partial charge in [-0.05, 0) is 37.3 Å². The lowest BCUT2D eigenvalue weighted by atomic mass is 10.2. The van der Waals surface area contributed by atoms with E-state index in [0.717, 1.165) is 10.1 Å². The zero-order valence-electron chi connectivity index (χ0n) is 13.5. The molecule has 0 aliphatic carbocycles. The molecule has 0 N–H and O–H groups in total. The fraction of sp³-hybridized carbons (Fsp3) is 0.235. The second-order valence-corrected chi connectivity index (χ2v) is 7.20. The molecule has 0 aliphatic rings. The van der Waals surface area contributed by atoms with Crippen LogP contribution in [0.4, 0.5) is 4.39 Å². The summed E-state index contributed by atoms with van der Waals surface area (Å²) in [5.41, 5.74) is 1.23. The average Bonchev–Trinajstić information content (AvgIpc) is 3.03. The smallest absolute Gasteiger partial charge is 0.233 e. The van der Waals surface area contributed by atoms with Crippen molar-refractivity contribution in [2.45, 2.75) is 18.6 Å². The molecule has 0 saturated carbocycles. The zero-order chi connectivity index (χ0) is 17.8. The molecule has 0 saturated heterocycles. The molecule has 3 aromatic rings. The van der Waals surface area contributed by atoms with E-state index < -0.39 is 0 Å². The van der Waals surface area contributed by atoms with Gasteiger partial charge in [0.05, 0.1) is 5.75 Å². The van der Waals surface area contributed by atoms with Crippen LogP contribution in [-0.4, -0.2) is 37.7 Å². The molecule has 0 radical (unpaired) electrons. The molecule has 1 aromatic carbocycles. The van der Waals surface area contributed by atoms with Crippen molar-refractivity contribution in [3.63, 3.8) is 0 Å². The first kappa shape index (κ1) is 17.9. The van der Waals surface area contributed by atoms with Gasteiger partial charge in [0.25, 0.3) is 0 Å². The molecule has 0 spiro atoms. The summed E-state index contributed by atoms with van der Waals surface area (Å²) in [7, 11) is 0. The van der Waals surface area contributed by atoms with Crippen molar-refractivity contribution in [1.29, 1.82) is 0 Å². The Balaban J connectivity index is 1.67. The largest absolute Gasteiger partial charge is 0.338 e. The topological polar surface area (TPSA) is 50.5 Å². The van der Waals surface area contributed by atoms with Crippen LogP contribution in [0.15, 0.2) is 52.2 Å². The van der Waals surface area contributed by atoms with Crippen molar-refractivity contribution < 1.29 is 9.18 Å². The third-order valence-electron chi connectivity index (χ3n) is 3.71. The molecule has 0 aliphatic heterocycles. The maximum absolute atomic E-state index is 13.9. The van der Waals surface area contributed by atoms with E-state index in [9.17, 15) is 9.18 Å². The Morgan fingerprint density at radius 1 is 1.32 bits per heavy atom. The number of thioether (sulfide) groups is 1. The number of amides is 1. The number of nitrogens with zero attached hydrogens (tertiary/aromatic N) is 4. The number of pyridine rings is 1. The van der Waals surface area contributed by atoms with E-state index in [4.69, 9.17) is 0 Å². The number of benzene rings is 1. The highest BCUT2D eigenvalue weighted by Gasteiger charge is 2.16. The molecule has 130 valence electrons. The highest BCUT2D eigenvalue weighted by molar-refractivity contribution is 9.10. The molecular formula is C17H16BrFN4OS. The molecule has 3 rings (SSSR count). The summed E-state index contributed by atoms with van der Waals surface area (Å²) in [4.78, 5) is 14.1. The molecule has 0 unspecified atom stereocenters. The number of hydrogen-bond acceptors (Lipinski definition) is 4. The first-order valence-electron chi connectivity index (χ1n) is 7.72. The number of fused-ring (bicyclic) bond motifs is 1. The van der Waals surface area contributed by atoms with Crippen molar-refractivity contribution in [2.24, 2.45) is 0 Å². The molecule has 8 heteroatoms. The Labute approximate surface area is 157 Å². The lowest BCUT2D eigenvalue weighted by molar-refractivity contribution is -0.128. The number of carbonyl (C=O) groups is 1. The minimum atomic E-state index is -0.314. The Hall–Kier alpha value is -1.93.